The number of carbonyl (C=O) groups is 2. The summed E-state index contributed by atoms with van der Waals surface area (Å²) in [6.45, 7) is 6.24. The Hall–Kier alpha value is -1.10. The molecule has 0 radical (unpaired) electrons. The molecule has 0 aliphatic carbocycles. The van der Waals surface area contributed by atoms with E-state index in [2.05, 4.69) is 29.4 Å². The highest BCUT2D eigenvalue weighted by Crippen LogP contribution is 2.23. The van der Waals surface area contributed by atoms with Crippen LogP contribution in [-0.2, 0) is 9.59 Å². The van der Waals surface area contributed by atoms with Gasteiger partial charge in [-0.25, -0.2) is 0 Å². The van der Waals surface area contributed by atoms with E-state index < -0.39 is 0 Å². The van der Waals surface area contributed by atoms with E-state index in [9.17, 15) is 9.59 Å². The van der Waals surface area contributed by atoms with Crippen LogP contribution in [-0.4, -0.2) is 47.9 Å². The van der Waals surface area contributed by atoms with E-state index in [1.165, 1.54) is 6.42 Å². The molecule has 2 aliphatic rings. The second-order valence-corrected chi connectivity index (χ2v) is 6.05. The van der Waals surface area contributed by atoms with Crippen LogP contribution in [0.25, 0.3) is 0 Å². The molecule has 5 nitrogen and oxygen atoms in total. The molecule has 2 saturated heterocycles. The van der Waals surface area contributed by atoms with Crippen LogP contribution >= 0.6 is 0 Å². The molecule has 0 aromatic heterocycles. The Bertz CT molecular complexity index is 359. The predicted octanol–water partition coefficient (Wildman–Crippen LogP) is 1.03. The maximum absolute atomic E-state index is 12.2. The van der Waals surface area contributed by atoms with Crippen molar-refractivity contribution in [2.45, 2.75) is 70.5 Å². The van der Waals surface area contributed by atoms with Crippen LogP contribution < -0.4 is 10.6 Å². The molecule has 2 heterocycles. The van der Waals surface area contributed by atoms with Gasteiger partial charge in [-0.2, -0.15) is 0 Å². The molecule has 20 heavy (non-hydrogen) atoms. The summed E-state index contributed by atoms with van der Waals surface area (Å²) in [5.41, 5.74) is 0. The van der Waals surface area contributed by atoms with Crippen LogP contribution in [0.3, 0.4) is 0 Å². The molecule has 2 amide bonds. The van der Waals surface area contributed by atoms with Crippen molar-refractivity contribution in [3.05, 3.63) is 0 Å². The van der Waals surface area contributed by atoms with E-state index in [0.717, 1.165) is 38.8 Å². The van der Waals surface area contributed by atoms with Gasteiger partial charge in [-0.3, -0.25) is 14.5 Å². The van der Waals surface area contributed by atoms with Crippen molar-refractivity contribution < 1.29 is 9.59 Å². The van der Waals surface area contributed by atoms with Gasteiger partial charge in [0.2, 0.25) is 11.8 Å². The lowest BCUT2D eigenvalue weighted by Gasteiger charge is -2.30. The van der Waals surface area contributed by atoms with Crippen LogP contribution in [0.2, 0.25) is 0 Å². The van der Waals surface area contributed by atoms with Gasteiger partial charge in [0.1, 0.15) is 6.04 Å². The molecular weight excluding hydrogens is 254 g/mol. The van der Waals surface area contributed by atoms with Gasteiger partial charge in [0.05, 0.1) is 0 Å². The number of hydrogen-bond acceptors (Lipinski definition) is 3. The number of nitrogens with one attached hydrogen (secondary N) is 2. The van der Waals surface area contributed by atoms with Crippen LogP contribution in [0, 0.1) is 0 Å². The first-order chi connectivity index (χ1) is 9.61. The highest BCUT2D eigenvalue weighted by atomic mass is 16.2. The molecule has 0 bridgehead atoms. The Labute approximate surface area is 121 Å². The molecule has 0 aromatic rings. The van der Waals surface area contributed by atoms with Crippen molar-refractivity contribution in [2.75, 3.05) is 13.1 Å². The number of hydrogen-bond donors (Lipinski definition) is 2. The Morgan fingerprint density at radius 2 is 2.25 bits per heavy atom. The highest BCUT2D eigenvalue weighted by Gasteiger charge is 2.31. The van der Waals surface area contributed by atoms with E-state index in [4.69, 9.17) is 0 Å². The molecule has 0 saturated carbocycles. The fraction of sp³-hybridized carbons (Fsp3) is 0.867. The molecule has 0 spiro atoms. The molecule has 2 aliphatic heterocycles. The van der Waals surface area contributed by atoms with Crippen LogP contribution in [0.15, 0.2) is 0 Å². The third kappa shape index (κ3) is 3.72. The Balaban J connectivity index is 1.82. The zero-order chi connectivity index (χ0) is 14.5. The van der Waals surface area contributed by atoms with Gasteiger partial charge in [0.15, 0.2) is 0 Å². The van der Waals surface area contributed by atoms with E-state index in [0.29, 0.717) is 18.5 Å². The highest BCUT2D eigenvalue weighted by molar-refractivity contribution is 5.88. The molecule has 2 unspecified atom stereocenters. The van der Waals surface area contributed by atoms with Crippen molar-refractivity contribution >= 4 is 11.8 Å². The number of rotatable bonds is 5. The third-order valence-corrected chi connectivity index (χ3v) is 4.62. The van der Waals surface area contributed by atoms with E-state index in [1.54, 1.807) is 0 Å². The lowest BCUT2D eigenvalue weighted by Crippen LogP contribution is -2.51. The van der Waals surface area contributed by atoms with E-state index >= 15 is 0 Å². The number of amides is 2. The minimum absolute atomic E-state index is 0.0206. The molecule has 5 heteroatoms. The summed E-state index contributed by atoms with van der Waals surface area (Å²) in [6, 6.07) is 0.555. The monoisotopic (exact) mass is 281 g/mol. The Morgan fingerprint density at radius 1 is 1.45 bits per heavy atom. The predicted molar refractivity (Wildman–Crippen MR) is 78.3 cm³/mol. The first-order valence-electron chi connectivity index (χ1n) is 7.94. The van der Waals surface area contributed by atoms with Gasteiger partial charge in [0, 0.05) is 25.0 Å². The first kappa shape index (κ1) is 15.3. The zero-order valence-electron chi connectivity index (χ0n) is 12.7. The van der Waals surface area contributed by atoms with Crippen molar-refractivity contribution in [3.63, 3.8) is 0 Å². The summed E-state index contributed by atoms with van der Waals surface area (Å²) in [4.78, 5) is 26.2. The Kier molecular flexibility index (Phi) is 5.40. The van der Waals surface area contributed by atoms with Gasteiger partial charge in [-0.15, -0.1) is 0 Å². The fourth-order valence-electron chi connectivity index (χ4n) is 3.27. The standard InChI is InChI=1S/C15H27N3O2/c1-3-11(2)18-9-5-6-12(18)10-14(19)17-13-7-4-8-16-15(13)20/h11-13H,3-10H2,1-2H3,(H,16,20)(H,17,19)/t11?,12-,13?/m0/s1. The minimum Gasteiger partial charge on any atom is -0.354 e. The minimum atomic E-state index is -0.324. The number of likely N-dealkylation sites (tertiary alicyclic amines) is 1. The van der Waals surface area contributed by atoms with Gasteiger partial charge in [0.25, 0.3) is 0 Å². The lowest BCUT2D eigenvalue weighted by atomic mass is 10.1. The quantitative estimate of drug-likeness (QED) is 0.791. The van der Waals surface area contributed by atoms with Crippen LogP contribution in [0.1, 0.15) is 52.4 Å². The molecule has 2 rings (SSSR count). The largest absolute Gasteiger partial charge is 0.354 e. The van der Waals surface area contributed by atoms with Gasteiger partial charge < -0.3 is 10.6 Å². The average Bonchev–Trinajstić information content (AvgIpc) is 2.88. The van der Waals surface area contributed by atoms with Crippen LogP contribution in [0.4, 0.5) is 0 Å². The smallest absolute Gasteiger partial charge is 0.242 e. The molecule has 114 valence electrons. The van der Waals surface area contributed by atoms with Crippen molar-refractivity contribution in [1.29, 1.82) is 0 Å². The Morgan fingerprint density at radius 3 is 2.95 bits per heavy atom. The lowest BCUT2D eigenvalue weighted by molar-refractivity contribution is -0.130. The van der Waals surface area contributed by atoms with Crippen molar-refractivity contribution in [3.8, 4) is 0 Å². The maximum Gasteiger partial charge on any atom is 0.242 e. The first-order valence-corrected chi connectivity index (χ1v) is 7.94. The topological polar surface area (TPSA) is 61.4 Å². The summed E-state index contributed by atoms with van der Waals surface area (Å²) in [7, 11) is 0. The summed E-state index contributed by atoms with van der Waals surface area (Å²) in [6.07, 6.45) is 5.61. The third-order valence-electron chi connectivity index (χ3n) is 4.62. The fourth-order valence-corrected chi connectivity index (χ4v) is 3.27. The van der Waals surface area contributed by atoms with Crippen molar-refractivity contribution in [2.24, 2.45) is 0 Å². The van der Waals surface area contributed by atoms with E-state index in [1.807, 2.05) is 0 Å². The molecule has 0 aromatic carbocycles. The van der Waals surface area contributed by atoms with Gasteiger partial charge >= 0.3 is 0 Å². The molecule has 2 fully saturated rings. The average molecular weight is 281 g/mol. The zero-order valence-corrected chi connectivity index (χ0v) is 12.7. The second kappa shape index (κ2) is 7.07. The van der Waals surface area contributed by atoms with E-state index in [-0.39, 0.29) is 17.9 Å². The summed E-state index contributed by atoms with van der Waals surface area (Å²) in [5, 5.41) is 5.70. The number of piperidine rings is 1. The molecule has 3 atom stereocenters. The maximum atomic E-state index is 12.2. The number of nitrogens with zero attached hydrogens (tertiary/aromatic N) is 1. The summed E-state index contributed by atoms with van der Waals surface area (Å²) < 4.78 is 0. The molecular formula is C15H27N3O2. The molecule has 2 N–H and O–H groups in total. The number of carbonyl (C=O) groups excluding carboxylic acids is 2. The summed E-state index contributed by atoms with van der Waals surface area (Å²) >= 11 is 0. The SMILES string of the molecule is CCC(C)N1CCC[C@H]1CC(=O)NC1CCCNC1=O. The second-order valence-electron chi connectivity index (χ2n) is 6.05. The van der Waals surface area contributed by atoms with Gasteiger partial charge in [-0.1, -0.05) is 6.92 Å². The normalized spacial score (nSPS) is 29.0. The summed E-state index contributed by atoms with van der Waals surface area (Å²) in [5.74, 6) is -0.0120. The van der Waals surface area contributed by atoms with Crippen LogP contribution in [0.5, 0.6) is 0 Å². The van der Waals surface area contributed by atoms with Crippen molar-refractivity contribution in [1.82, 2.24) is 15.5 Å². The van der Waals surface area contributed by atoms with Gasteiger partial charge in [-0.05, 0) is 45.6 Å².